The smallest absolute Gasteiger partial charge is 0.310 e. The van der Waals surface area contributed by atoms with E-state index in [1.165, 1.54) is 7.11 Å². The summed E-state index contributed by atoms with van der Waals surface area (Å²) in [4.78, 5) is 16.0. The molecule has 0 amide bonds. The van der Waals surface area contributed by atoms with E-state index in [0.29, 0.717) is 25.7 Å². The lowest BCUT2D eigenvalue weighted by molar-refractivity contribution is -0.144. The molecule has 2 N–H and O–H groups in total. The van der Waals surface area contributed by atoms with Gasteiger partial charge in [-0.3, -0.25) is 4.79 Å². The third kappa shape index (κ3) is 7.85. The fourth-order valence-corrected chi connectivity index (χ4v) is 1.97. The van der Waals surface area contributed by atoms with Crippen molar-refractivity contribution in [1.82, 2.24) is 10.6 Å². The number of rotatable bonds is 8. The monoisotopic (exact) mass is 449 g/mol. The van der Waals surface area contributed by atoms with Gasteiger partial charge < -0.3 is 20.1 Å². The maximum Gasteiger partial charge on any atom is 0.310 e. The highest BCUT2D eigenvalue weighted by Gasteiger charge is 2.13. The van der Waals surface area contributed by atoms with E-state index < -0.39 is 0 Å². The zero-order chi connectivity index (χ0) is 17.1. The molecular weight excluding hydrogens is 421 g/mol. The molecule has 1 unspecified atom stereocenters. The van der Waals surface area contributed by atoms with Crippen molar-refractivity contribution < 1.29 is 14.3 Å². The van der Waals surface area contributed by atoms with Crippen LogP contribution in [0.4, 0.5) is 0 Å². The summed E-state index contributed by atoms with van der Waals surface area (Å²) >= 11 is 0. The fourth-order valence-electron chi connectivity index (χ4n) is 1.97. The summed E-state index contributed by atoms with van der Waals surface area (Å²) in [6, 6.07) is 7.84. The molecule has 0 bridgehead atoms. The van der Waals surface area contributed by atoms with Crippen LogP contribution in [0.1, 0.15) is 26.3 Å². The zero-order valence-corrected chi connectivity index (χ0v) is 17.1. The normalized spacial score (nSPS) is 11.9. The third-order valence-corrected chi connectivity index (χ3v) is 3.20. The molecule has 136 valence electrons. The molecule has 1 rings (SSSR count). The summed E-state index contributed by atoms with van der Waals surface area (Å²) in [5, 5.41) is 6.32. The van der Waals surface area contributed by atoms with Gasteiger partial charge in [0.05, 0.1) is 26.2 Å². The van der Waals surface area contributed by atoms with Crippen LogP contribution in [-0.4, -0.2) is 38.7 Å². The average molecular weight is 449 g/mol. The molecule has 1 aromatic carbocycles. The van der Waals surface area contributed by atoms with E-state index >= 15 is 0 Å². The van der Waals surface area contributed by atoms with Crippen LogP contribution in [0.15, 0.2) is 29.3 Å². The average Bonchev–Trinajstić information content (AvgIpc) is 2.57. The number of ether oxygens (including phenoxy) is 2. The Balaban J connectivity index is 0.00000529. The first-order valence-electron chi connectivity index (χ1n) is 7.93. The number of nitrogens with zero attached hydrogens (tertiary/aromatic N) is 1. The summed E-state index contributed by atoms with van der Waals surface area (Å²) in [6.07, 6.45) is 0. The number of nitrogens with one attached hydrogen (secondary N) is 2. The first kappa shape index (κ1) is 22.5. The molecule has 0 radical (unpaired) electrons. The van der Waals surface area contributed by atoms with Gasteiger partial charge in [-0.15, -0.1) is 24.0 Å². The maximum absolute atomic E-state index is 11.4. The number of hydrogen-bond acceptors (Lipinski definition) is 4. The van der Waals surface area contributed by atoms with Gasteiger partial charge in [0.2, 0.25) is 0 Å². The highest BCUT2D eigenvalue weighted by Crippen LogP contribution is 2.18. The molecule has 7 heteroatoms. The van der Waals surface area contributed by atoms with E-state index in [1.807, 2.05) is 45.0 Å². The Morgan fingerprint density at radius 1 is 1.25 bits per heavy atom. The first-order valence-corrected chi connectivity index (χ1v) is 7.93. The van der Waals surface area contributed by atoms with Crippen LogP contribution in [0, 0.1) is 5.92 Å². The summed E-state index contributed by atoms with van der Waals surface area (Å²) in [6.45, 7) is 8.09. The fraction of sp³-hybridized carbons (Fsp3) is 0.529. The van der Waals surface area contributed by atoms with Gasteiger partial charge in [-0.1, -0.05) is 25.1 Å². The molecule has 1 atom stereocenters. The molecule has 1 aromatic rings. The summed E-state index contributed by atoms with van der Waals surface area (Å²) in [5.74, 6) is 1.03. The standard InChI is InChI=1S/C17H27N3O3.HI/c1-5-18-17(19-11-13(3)16(21)22-4)20-12-14-9-7-8-10-15(14)23-6-2;/h7-10,13H,5-6,11-12H2,1-4H3,(H2,18,19,20);1H. The first-order chi connectivity index (χ1) is 11.1. The lowest BCUT2D eigenvalue weighted by atomic mass is 10.2. The van der Waals surface area contributed by atoms with Gasteiger partial charge in [-0.05, 0) is 19.9 Å². The number of para-hydroxylation sites is 1. The van der Waals surface area contributed by atoms with E-state index in [1.54, 1.807) is 0 Å². The van der Waals surface area contributed by atoms with Crippen LogP contribution < -0.4 is 15.4 Å². The molecule has 0 aliphatic carbocycles. The summed E-state index contributed by atoms with van der Waals surface area (Å²) in [5.41, 5.74) is 1.02. The molecular formula is C17H28IN3O3. The number of halogens is 1. The number of esters is 1. The molecule has 0 aliphatic rings. The van der Waals surface area contributed by atoms with Gasteiger partial charge in [0.25, 0.3) is 0 Å². The molecule has 6 nitrogen and oxygen atoms in total. The number of hydrogen-bond donors (Lipinski definition) is 2. The minimum absolute atomic E-state index is 0. The summed E-state index contributed by atoms with van der Waals surface area (Å²) in [7, 11) is 1.39. The van der Waals surface area contributed by atoms with Gasteiger partial charge >= 0.3 is 5.97 Å². The number of carbonyl (C=O) groups is 1. The van der Waals surface area contributed by atoms with Crippen LogP contribution in [0.3, 0.4) is 0 Å². The Bertz CT molecular complexity index is 524. The molecule has 24 heavy (non-hydrogen) atoms. The highest BCUT2D eigenvalue weighted by molar-refractivity contribution is 14.0. The lowest BCUT2D eigenvalue weighted by Crippen LogP contribution is -2.40. The molecule has 0 saturated carbocycles. The van der Waals surface area contributed by atoms with Crippen LogP contribution in [0.2, 0.25) is 0 Å². The SMILES string of the molecule is CCNC(=NCc1ccccc1OCC)NCC(C)C(=O)OC.I. The second kappa shape index (κ2) is 12.9. The second-order valence-electron chi connectivity index (χ2n) is 5.04. The quantitative estimate of drug-likeness (QED) is 0.276. The van der Waals surface area contributed by atoms with Crippen molar-refractivity contribution in [1.29, 1.82) is 0 Å². The van der Waals surface area contributed by atoms with Crippen LogP contribution in [0.25, 0.3) is 0 Å². The predicted molar refractivity (Wildman–Crippen MR) is 107 cm³/mol. The molecule has 0 saturated heterocycles. The van der Waals surface area contributed by atoms with Crippen LogP contribution in [0.5, 0.6) is 5.75 Å². The van der Waals surface area contributed by atoms with Crippen molar-refractivity contribution in [3.8, 4) is 5.75 Å². The third-order valence-electron chi connectivity index (χ3n) is 3.20. The lowest BCUT2D eigenvalue weighted by Gasteiger charge is -2.15. The largest absolute Gasteiger partial charge is 0.494 e. The molecule has 0 spiro atoms. The minimum Gasteiger partial charge on any atom is -0.494 e. The van der Waals surface area contributed by atoms with Crippen molar-refractivity contribution in [2.75, 3.05) is 26.8 Å². The Kier molecular flexibility index (Phi) is 12.0. The van der Waals surface area contributed by atoms with Crippen molar-refractivity contribution in [3.63, 3.8) is 0 Å². The number of aliphatic imine (C=N–C) groups is 1. The molecule has 0 aromatic heterocycles. The van der Waals surface area contributed by atoms with E-state index in [2.05, 4.69) is 15.6 Å². The molecule has 0 aliphatic heterocycles. The Morgan fingerprint density at radius 2 is 1.96 bits per heavy atom. The predicted octanol–water partition coefficient (Wildman–Crippen LogP) is 2.57. The topological polar surface area (TPSA) is 72.0 Å². The van der Waals surface area contributed by atoms with Gasteiger partial charge in [0.15, 0.2) is 5.96 Å². The van der Waals surface area contributed by atoms with Crippen LogP contribution in [-0.2, 0) is 16.1 Å². The zero-order valence-electron chi connectivity index (χ0n) is 14.8. The van der Waals surface area contributed by atoms with Gasteiger partial charge in [-0.25, -0.2) is 4.99 Å². The van der Waals surface area contributed by atoms with E-state index in [0.717, 1.165) is 17.9 Å². The Hall–Kier alpha value is -1.51. The van der Waals surface area contributed by atoms with Gasteiger partial charge in [0, 0.05) is 18.7 Å². The van der Waals surface area contributed by atoms with E-state index in [9.17, 15) is 4.79 Å². The Morgan fingerprint density at radius 3 is 2.58 bits per heavy atom. The number of guanidine groups is 1. The van der Waals surface area contributed by atoms with Crippen molar-refractivity contribution in [3.05, 3.63) is 29.8 Å². The van der Waals surface area contributed by atoms with Gasteiger partial charge in [0.1, 0.15) is 5.75 Å². The van der Waals surface area contributed by atoms with Crippen molar-refractivity contribution in [2.24, 2.45) is 10.9 Å². The van der Waals surface area contributed by atoms with Crippen LogP contribution >= 0.6 is 24.0 Å². The summed E-state index contributed by atoms with van der Waals surface area (Å²) < 4.78 is 10.3. The molecule has 0 fully saturated rings. The van der Waals surface area contributed by atoms with Crippen molar-refractivity contribution in [2.45, 2.75) is 27.3 Å². The van der Waals surface area contributed by atoms with E-state index in [4.69, 9.17) is 9.47 Å². The Labute approximate surface area is 161 Å². The number of methoxy groups -OCH3 is 1. The highest BCUT2D eigenvalue weighted by atomic mass is 127. The number of benzene rings is 1. The van der Waals surface area contributed by atoms with Crippen molar-refractivity contribution >= 4 is 35.9 Å². The second-order valence-corrected chi connectivity index (χ2v) is 5.04. The van der Waals surface area contributed by atoms with E-state index in [-0.39, 0.29) is 35.9 Å². The van der Waals surface area contributed by atoms with Gasteiger partial charge in [-0.2, -0.15) is 0 Å². The molecule has 0 heterocycles. The minimum atomic E-state index is -0.241. The number of carbonyl (C=O) groups excluding carboxylic acids is 1. The maximum atomic E-state index is 11.4.